The third-order valence-corrected chi connectivity index (χ3v) is 3.39. The number of fused-ring (bicyclic) bond motifs is 1. The van der Waals surface area contributed by atoms with Gasteiger partial charge in [-0.25, -0.2) is 4.79 Å². The molecule has 1 aromatic heterocycles. The molecule has 2 aromatic rings. The third kappa shape index (κ3) is 2.37. The van der Waals surface area contributed by atoms with Gasteiger partial charge in [0.2, 0.25) is 0 Å². The Labute approximate surface area is 110 Å². The molecule has 0 bridgehead atoms. The minimum Gasteiger partial charge on any atom is -0.478 e. The van der Waals surface area contributed by atoms with Crippen LogP contribution >= 0.6 is 0 Å². The molecular weight excluding hydrogens is 242 g/mol. The predicted octanol–water partition coefficient (Wildman–Crippen LogP) is 1.34. The Hall–Kier alpha value is -2.14. The number of benzene rings is 1. The molecule has 1 aliphatic rings. The topological polar surface area (TPSA) is 65.5 Å². The SMILES string of the molecule is O=C(O)c1cnc2ccc(N3CCNCC3)cc2c1. The van der Waals surface area contributed by atoms with Gasteiger partial charge >= 0.3 is 5.97 Å². The second kappa shape index (κ2) is 4.85. The summed E-state index contributed by atoms with van der Waals surface area (Å²) >= 11 is 0. The highest BCUT2D eigenvalue weighted by Gasteiger charge is 2.11. The number of nitrogens with one attached hydrogen (secondary N) is 1. The van der Waals surface area contributed by atoms with Crippen molar-refractivity contribution in [3.8, 4) is 0 Å². The number of hydrogen-bond donors (Lipinski definition) is 2. The van der Waals surface area contributed by atoms with Crippen LogP contribution in [-0.2, 0) is 0 Å². The van der Waals surface area contributed by atoms with Crippen LogP contribution < -0.4 is 10.2 Å². The van der Waals surface area contributed by atoms with E-state index in [-0.39, 0.29) is 5.56 Å². The first kappa shape index (κ1) is 11.9. The molecule has 19 heavy (non-hydrogen) atoms. The quantitative estimate of drug-likeness (QED) is 0.850. The molecule has 1 saturated heterocycles. The lowest BCUT2D eigenvalue weighted by Gasteiger charge is -2.29. The van der Waals surface area contributed by atoms with Crippen molar-refractivity contribution in [3.63, 3.8) is 0 Å². The summed E-state index contributed by atoms with van der Waals surface area (Å²) in [6.45, 7) is 3.89. The number of carbonyl (C=O) groups is 1. The zero-order valence-corrected chi connectivity index (χ0v) is 10.5. The molecule has 3 rings (SSSR count). The lowest BCUT2D eigenvalue weighted by molar-refractivity contribution is 0.0696. The standard InChI is InChI=1S/C14H15N3O2/c18-14(19)11-7-10-8-12(1-2-13(10)16-9-11)17-5-3-15-4-6-17/h1-2,7-9,15H,3-6H2,(H,18,19). The van der Waals surface area contributed by atoms with Crippen molar-refractivity contribution in [2.24, 2.45) is 0 Å². The molecule has 0 atom stereocenters. The Morgan fingerprint density at radius 1 is 1.26 bits per heavy atom. The molecule has 0 unspecified atom stereocenters. The third-order valence-electron chi connectivity index (χ3n) is 3.39. The number of hydrogen-bond acceptors (Lipinski definition) is 4. The van der Waals surface area contributed by atoms with E-state index in [9.17, 15) is 4.79 Å². The summed E-state index contributed by atoms with van der Waals surface area (Å²) in [7, 11) is 0. The highest BCUT2D eigenvalue weighted by Crippen LogP contribution is 2.22. The summed E-state index contributed by atoms with van der Waals surface area (Å²) in [4.78, 5) is 17.4. The summed E-state index contributed by atoms with van der Waals surface area (Å²) in [5.41, 5.74) is 2.17. The largest absolute Gasteiger partial charge is 0.478 e. The zero-order chi connectivity index (χ0) is 13.2. The number of aromatic carboxylic acids is 1. The van der Waals surface area contributed by atoms with E-state index in [2.05, 4.69) is 15.2 Å². The van der Waals surface area contributed by atoms with Crippen LogP contribution in [0.5, 0.6) is 0 Å². The maximum atomic E-state index is 11.0. The van der Waals surface area contributed by atoms with Crippen LogP contribution in [-0.4, -0.2) is 42.2 Å². The van der Waals surface area contributed by atoms with Crippen molar-refractivity contribution in [3.05, 3.63) is 36.0 Å². The summed E-state index contributed by atoms with van der Waals surface area (Å²) < 4.78 is 0. The molecule has 0 saturated carbocycles. The molecule has 2 heterocycles. The number of aromatic nitrogens is 1. The Morgan fingerprint density at radius 2 is 2.05 bits per heavy atom. The molecule has 98 valence electrons. The number of carboxylic acids is 1. The Morgan fingerprint density at radius 3 is 2.79 bits per heavy atom. The molecule has 1 aromatic carbocycles. The van der Waals surface area contributed by atoms with Gasteiger partial charge in [0.05, 0.1) is 11.1 Å². The van der Waals surface area contributed by atoms with Crippen molar-refractivity contribution in [1.29, 1.82) is 0 Å². The fourth-order valence-electron chi connectivity index (χ4n) is 2.36. The Balaban J connectivity index is 2.00. The summed E-state index contributed by atoms with van der Waals surface area (Å²) in [5, 5.41) is 13.2. The number of pyridine rings is 1. The highest BCUT2D eigenvalue weighted by molar-refractivity contribution is 5.93. The average Bonchev–Trinajstić information content (AvgIpc) is 2.47. The van der Waals surface area contributed by atoms with E-state index < -0.39 is 5.97 Å². The van der Waals surface area contributed by atoms with Gasteiger partial charge in [0.25, 0.3) is 0 Å². The first-order valence-electron chi connectivity index (χ1n) is 6.33. The predicted molar refractivity (Wildman–Crippen MR) is 73.8 cm³/mol. The number of anilines is 1. The van der Waals surface area contributed by atoms with Crippen LogP contribution in [0.3, 0.4) is 0 Å². The van der Waals surface area contributed by atoms with Crippen LogP contribution in [0.2, 0.25) is 0 Å². The van der Waals surface area contributed by atoms with Crippen LogP contribution in [0.4, 0.5) is 5.69 Å². The molecule has 0 spiro atoms. The molecule has 0 radical (unpaired) electrons. The van der Waals surface area contributed by atoms with Crippen molar-refractivity contribution in [2.75, 3.05) is 31.1 Å². The molecule has 1 aliphatic heterocycles. The van der Waals surface area contributed by atoms with Gasteiger partial charge in [-0.1, -0.05) is 0 Å². The molecule has 5 heteroatoms. The molecular formula is C14H15N3O2. The minimum absolute atomic E-state index is 0.227. The summed E-state index contributed by atoms with van der Waals surface area (Å²) in [6, 6.07) is 7.68. The maximum Gasteiger partial charge on any atom is 0.337 e. The van der Waals surface area contributed by atoms with Gasteiger partial charge in [-0.15, -0.1) is 0 Å². The van der Waals surface area contributed by atoms with Gasteiger partial charge in [-0.05, 0) is 24.3 Å². The highest BCUT2D eigenvalue weighted by atomic mass is 16.4. The number of piperazine rings is 1. The molecule has 0 aliphatic carbocycles. The molecule has 2 N–H and O–H groups in total. The van der Waals surface area contributed by atoms with Gasteiger partial charge < -0.3 is 15.3 Å². The van der Waals surface area contributed by atoms with Gasteiger partial charge in [0.1, 0.15) is 0 Å². The lowest BCUT2D eigenvalue weighted by atomic mass is 10.1. The fraction of sp³-hybridized carbons (Fsp3) is 0.286. The van der Waals surface area contributed by atoms with Crippen molar-refractivity contribution >= 4 is 22.6 Å². The maximum absolute atomic E-state index is 11.0. The lowest BCUT2D eigenvalue weighted by Crippen LogP contribution is -2.43. The monoisotopic (exact) mass is 257 g/mol. The van der Waals surface area contributed by atoms with Gasteiger partial charge in [-0.3, -0.25) is 4.98 Å². The second-order valence-electron chi connectivity index (χ2n) is 4.64. The van der Waals surface area contributed by atoms with Gasteiger partial charge in [0, 0.05) is 43.4 Å². The van der Waals surface area contributed by atoms with E-state index in [1.54, 1.807) is 6.07 Å². The first-order valence-corrected chi connectivity index (χ1v) is 6.33. The van der Waals surface area contributed by atoms with E-state index in [0.29, 0.717) is 0 Å². The normalized spacial score (nSPS) is 15.7. The number of rotatable bonds is 2. The fourth-order valence-corrected chi connectivity index (χ4v) is 2.36. The van der Waals surface area contributed by atoms with E-state index in [1.807, 2.05) is 18.2 Å². The van der Waals surface area contributed by atoms with E-state index in [1.165, 1.54) is 6.20 Å². The van der Waals surface area contributed by atoms with Crippen molar-refractivity contribution in [1.82, 2.24) is 10.3 Å². The Bertz CT molecular complexity index is 621. The van der Waals surface area contributed by atoms with Crippen LogP contribution in [0, 0.1) is 0 Å². The first-order chi connectivity index (χ1) is 9.24. The second-order valence-corrected chi connectivity index (χ2v) is 4.64. The van der Waals surface area contributed by atoms with E-state index >= 15 is 0 Å². The van der Waals surface area contributed by atoms with Crippen LogP contribution in [0.1, 0.15) is 10.4 Å². The van der Waals surface area contributed by atoms with Gasteiger partial charge in [0.15, 0.2) is 0 Å². The molecule has 5 nitrogen and oxygen atoms in total. The number of carboxylic acid groups (broad SMARTS) is 1. The Kier molecular flexibility index (Phi) is 3.05. The van der Waals surface area contributed by atoms with E-state index in [0.717, 1.165) is 42.8 Å². The van der Waals surface area contributed by atoms with Gasteiger partial charge in [-0.2, -0.15) is 0 Å². The molecule has 1 fully saturated rings. The van der Waals surface area contributed by atoms with Crippen molar-refractivity contribution in [2.45, 2.75) is 0 Å². The minimum atomic E-state index is -0.943. The summed E-state index contributed by atoms with van der Waals surface area (Å²) in [6.07, 6.45) is 1.40. The smallest absolute Gasteiger partial charge is 0.337 e. The molecule has 0 amide bonds. The summed E-state index contributed by atoms with van der Waals surface area (Å²) in [5.74, 6) is -0.943. The van der Waals surface area contributed by atoms with Crippen molar-refractivity contribution < 1.29 is 9.90 Å². The number of nitrogens with zero attached hydrogens (tertiary/aromatic N) is 2. The van der Waals surface area contributed by atoms with Crippen LogP contribution in [0.25, 0.3) is 10.9 Å². The van der Waals surface area contributed by atoms with E-state index in [4.69, 9.17) is 5.11 Å². The average molecular weight is 257 g/mol. The zero-order valence-electron chi connectivity index (χ0n) is 10.5. The van der Waals surface area contributed by atoms with Crippen LogP contribution in [0.15, 0.2) is 30.5 Å².